The van der Waals surface area contributed by atoms with Gasteiger partial charge in [-0.15, -0.1) is 0 Å². The fraction of sp³-hybridized carbons (Fsp3) is 0.615. The largest absolute Gasteiger partial charge is 0.481 e. The van der Waals surface area contributed by atoms with Gasteiger partial charge < -0.3 is 15.7 Å². The third kappa shape index (κ3) is 6.77. The lowest BCUT2D eigenvalue weighted by Gasteiger charge is -2.17. The van der Waals surface area contributed by atoms with Crippen LogP contribution in [0.1, 0.15) is 32.3 Å². The quantitative estimate of drug-likeness (QED) is 0.577. The van der Waals surface area contributed by atoms with Crippen LogP contribution in [0.5, 0.6) is 0 Å². The van der Waals surface area contributed by atoms with Crippen LogP contribution in [0.3, 0.4) is 0 Å². The van der Waals surface area contributed by atoms with Crippen molar-refractivity contribution in [3.63, 3.8) is 0 Å². The molecule has 0 aliphatic carbocycles. The molecular weight excluding hydrogens is 260 g/mol. The zero-order chi connectivity index (χ0) is 15.0. The molecule has 0 aromatic carbocycles. The van der Waals surface area contributed by atoms with Gasteiger partial charge >= 0.3 is 12.0 Å². The fourth-order valence-corrected chi connectivity index (χ4v) is 2.01. The number of amides is 2. The smallest absolute Gasteiger partial charge is 0.315 e. The molecule has 2 amide bonds. The molecule has 20 heavy (non-hydrogen) atoms. The van der Waals surface area contributed by atoms with Gasteiger partial charge in [-0.25, -0.2) is 4.79 Å². The van der Waals surface area contributed by atoms with Crippen molar-refractivity contribution in [3.05, 3.63) is 18.0 Å². The Bertz CT molecular complexity index is 417. The molecule has 0 spiro atoms. The van der Waals surface area contributed by atoms with Crippen LogP contribution in [-0.4, -0.2) is 33.8 Å². The molecule has 0 aliphatic heterocycles. The molecule has 0 radical (unpaired) electrons. The SMILES string of the molecule is CC(C)C[C@H](CNC(=O)NCc1cn[nH]c1)CC(=O)O. The van der Waals surface area contributed by atoms with Crippen molar-refractivity contribution in [3.8, 4) is 0 Å². The zero-order valence-electron chi connectivity index (χ0n) is 11.8. The minimum Gasteiger partial charge on any atom is -0.481 e. The van der Waals surface area contributed by atoms with Crippen LogP contribution >= 0.6 is 0 Å². The van der Waals surface area contributed by atoms with Gasteiger partial charge in [-0.1, -0.05) is 13.8 Å². The highest BCUT2D eigenvalue weighted by atomic mass is 16.4. The van der Waals surface area contributed by atoms with Gasteiger partial charge in [0.05, 0.1) is 6.20 Å². The number of hydrogen-bond donors (Lipinski definition) is 4. The number of rotatable bonds is 8. The summed E-state index contributed by atoms with van der Waals surface area (Å²) in [5.41, 5.74) is 0.879. The van der Waals surface area contributed by atoms with Crippen molar-refractivity contribution in [2.75, 3.05) is 6.54 Å². The molecule has 1 aromatic heterocycles. The Kier molecular flexibility index (Phi) is 6.55. The number of carboxylic acid groups (broad SMARTS) is 1. The van der Waals surface area contributed by atoms with Crippen molar-refractivity contribution in [1.29, 1.82) is 0 Å². The summed E-state index contributed by atoms with van der Waals surface area (Å²) in [4.78, 5) is 22.4. The second-order valence-corrected chi connectivity index (χ2v) is 5.26. The van der Waals surface area contributed by atoms with E-state index in [1.807, 2.05) is 13.8 Å². The van der Waals surface area contributed by atoms with Crippen molar-refractivity contribution >= 4 is 12.0 Å². The summed E-state index contributed by atoms with van der Waals surface area (Å²) in [7, 11) is 0. The highest BCUT2D eigenvalue weighted by Crippen LogP contribution is 2.14. The first-order chi connectivity index (χ1) is 9.47. The Morgan fingerprint density at radius 3 is 2.70 bits per heavy atom. The number of nitrogens with one attached hydrogen (secondary N) is 3. The number of aromatic amines is 1. The van der Waals surface area contributed by atoms with Gasteiger partial charge in [-0.2, -0.15) is 5.10 Å². The van der Waals surface area contributed by atoms with Crippen molar-refractivity contribution in [1.82, 2.24) is 20.8 Å². The minimum absolute atomic E-state index is 0.0489. The molecule has 1 aromatic rings. The highest BCUT2D eigenvalue weighted by Gasteiger charge is 2.15. The zero-order valence-corrected chi connectivity index (χ0v) is 11.8. The van der Waals surface area contributed by atoms with Crippen LogP contribution < -0.4 is 10.6 Å². The molecule has 4 N–H and O–H groups in total. The van der Waals surface area contributed by atoms with Gasteiger partial charge in [-0.3, -0.25) is 9.89 Å². The van der Waals surface area contributed by atoms with Crippen molar-refractivity contribution in [2.24, 2.45) is 11.8 Å². The van der Waals surface area contributed by atoms with E-state index in [1.165, 1.54) is 0 Å². The van der Waals surface area contributed by atoms with E-state index >= 15 is 0 Å². The van der Waals surface area contributed by atoms with Crippen LogP contribution in [0.25, 0.3) is 0 Å². The number of aromatic nitrogens is 2. The van der Waals surface area contributed by atoms with E-state index in [1.54, 1.807) is 12.4 Å². The van der Waals surface area contributed by atoms with Gasteiger partial charge in [0.25, 0.3) is 0 Å². The maximum absolute atomic E-state index is 11.6. The molecule has 1 rings (SSSR count). The molecule has 112 valence electrons. The molecule has 0 bridgehead atoms. The number of aliphatic carboxylic acids is 1. The van der Waals surface area contributed by atoms with Crippen molar-refractivity contribution < 1.29 is 14.7 Å². The second kappa shape index (κ2) is 8.19. The summed E-state index contributed by atoms with van der Waals surface area (Å²) in [5.74, 6) is -0.487. The number of carbonyl (C=O) groups is 2. The number of nitrogens with zero attached hydrogens (tertiary/aromatic N) is 1. The second-order valence-electron chi connectivity index (χ2n) is 5.26. The summed E-state index contributed by atoms with van der Waals surface area (Å²) in [6.07, 6.45) is 4.17. The van der Waals surface area contributed by atoms with E-state index in [0.29, 0.717) is 19.0 Å². The third-order valence-electron chi connectivity index (χ3n) is 2.83. The van der Waals surface area contributed by atoms with Gasteiger partial charge in [0.1, 0.15) is 0 Å². The normalized spacial score (nSPS) is 12.2. The number of hydrogen-bond acceptors (Lipinski definition) is 3. The number of urea groups is 1. The first kappa shape index (κ1) is 16.0. The van der Waals surface area contributed by atoms with E-state index in [0.717, 1.165) is 12.0 Å². The number of H-pyrrole nitrogens is 1. The number of carbonyl (C=O) groups excluding carboxylic acids is 1. The molecular formula is C13H22N4O3. The van der Waals surface area contributed by atoms with Gasteiger partial charge in [0.15, 0.2) is 0 Å². The third-order valence-corrected chi connectivity index (χ3v) is 2.83. The Balaban J connectivity index is 2.30. The van der Waals surface area contributed by atoms with Crippen LogP contribution in [0.2, 0.25) is 0 Å². The predicted molar refractivity (Wildman–Crippen MR) is 74.0 cm³/mol. The van der Waals surface area contributed by atoms with Crippen LogP contribution in [0, 0.1) is 11.8 Å². The molecule has 0 saturated heterocycles. The van der Waals surface area contributed by atoms with Crippen LogP contribution in [-0.2, 0) is 11.3 Å². The van der Waals surface area contributed by atoms with E-state index < -0.39 is 5.97 Å². The monoisotopic (exact) mass is 282 g/mol. The summed E-state index contributed by atoms with van der Waals surface area (Å²) in [6, 6.07) is -0.301. The molecule has 0 fully saturated rings. The topological polar surface area (TPSA) is 107 Å². The lowest BCUT2D eigenvalue weighted by atomic mass is 9.94. The molecule has 7 heteroatoms. The van der Waals surface area contributed by atoms with Gasteiger partial charge in [-0.05, 0) is 18.3 Å². The lowest BCUT2D eigenvalue weighted by Crippen LogP contribution is -2.38. The maximum atomic E-state index is 11.6. The molecule has 1 atom stereocenters. The first-order valence-electron chi connectivity index (χ1n) is 6.68. The summed E-state index contributed by atoms with van der Waals surface area (Å²) >= 11 is 0. The molecule has 7 nitrogen and oxygen atoms in total. The van der Waals surface area contributed by atoms with Crippen molar-refractivity contribution in [2.45, 2.75) is 33.2 Å². The van der Waals surface area contributed by atoms with Gasteiger partial charge in [0, 0.05) is 31.3 Å². The standard InChI is InChI=1S/C13H22N4O3/c1-9(2)3-10(4-12(18)19)5-14-13(20)15-6-11-7-16-17-8-11/h7-10H,3-6H2,1-2H3,(H,16,17)(H,18,19)(H2,14,15,20)/t10-/m0/s1. The number of carboxylic acids is 1. The molecule has 1 heterocycles. The molecule has 0 aliphatic rings. The van der Waals surface area contributed by atoms with Gasteiger partial charge in [0.2, 0.25) is 0 Å². The average molecular weight is 282 g/mol. The van der Waals surface area contributed by atoms with E-state index in [9.17, 15) is 9.59 Å². The van der Waals surface area contributed by atoms with E-state index in [2.05, 4.69) is 20.8 Å². The average Bonchev–Trinajstić information content (AvgIpc) is 2.85. The summed E-state index contributed by atoms with van der Waals surface area (Å²) < 4.78 is 0. The first-order valence-corrected chi connectivity index (χ1v) is 6.68. The maximum Gasteiger partial charge on any atom is 0.315 e. The lowest BCUT2D eigenvalue weighted by molar-refractivity contribution is -0.138. The minimum atomic E-state index is -0.837. The fourth-order valence-electron chi connectivity index (χ4n) is 2.01. The van der Waals surface area contributed by atoms with E-state index in [-0.39, 0.29) is 18.4 Å². The Morgan fingerprint density at radius 2 is 2.15 bits per heavy atom. The molecule has 0 saturated carbocycles. The van der Waals surface area contributed by atoms with E-state index in [4.69, 9.17) is 5.11 Å². The van der Waals surface area contributed by atoms with Crippen LogP contribution in [0.15, 0.2) is 12.4 Å². The highest BCUT2D eigenvalue weighted by molar-refractivity contribution is 5.74. The Morgan fingerprint density at radius 1 is 1.40 bits per heavy atom. The predicted octanol–water partition coefficient (Wildman–Crippen LogP) is 1.35. The summed E-state index contributed by atoms with van der Waals surface area (Å²) in [6.45, 7) is 4.82. The Labute approximate surface area is 118 Å². The summed E-state index contributed by atoms with van der Waals surface area (Å²) in [5, 5.41) is 20.7. The Hall–Kier alpha value is -2.05. The van der Waals surface area contributed by atoms with Crippen LogP contribution in [0.4, 0.5) is 4.79 Å². The molecule has 0 unspecified atom stereocenters.